The van der Waals surface area contributed by atoms with Crippen molar-refractivity contribution in [2.45, 2.75) is 19.9 Å². The number of hydrogen-bond acceptors (Lipinski definition) is 5. The quantitative estimate of drug-likeness (QED) is 0.851. The average Bonchev–Trinajstić information content (AvgIpc) is 2.50. The van der Waals surface area contributed by atoms with Crippen LogP contribution in [0.2, 0.25) is 0 Å². The highest BCUT2D eigenvalue weighted by Gasteiger charge is 2.26. The molecule has 0 aliphatic carbocycles. The standard InChI is InChI=1S/C15H19NO6/c1-8(2)12(15(18)19)16-14(17)9-6-10(20-3)13-11(7-9)21-4-5-22-13/h6-8,12H,4-5H2,1-3H3,(H,16,17)(H,18,19)/t12-/m0/s1. The molecule has 7 nitrogen and oxygen atoms in total. The van der Waals surface area contributed by atoms with Crippen LogP contribution in [0.4, 0.5) is 0 Å². The van der Waals surface area contributed by atoms with E-state index in [0.717, 1.165) is 0 Å². The summed E-state index contributed by atoms with van der Waals surface area (Å²) in [5, 5.41) is 11.6. The molecule has 0 bridgehead atoms. The van der Waals surface area contributed by atoms with Crippen LogP contribution in [-0.2, 0) is 4.79 Å². The highest BCUT2D eigenvalue weighted by molar-refractivity contribution is 5.97. The van der Waals surface area contributed by atoms with Crippen molar-refractivity contribution in [3.8, 4) is 17.2 Å². The van der Waals surface area contributed by atoms with E-state index >= 15 is 0 Å². The number of carboxylic acids is 1. The lowest BCUT2D eigenvalue weighted by Gasteiger charge is -2.22. The molecule has 0 saturated heterocycles. The summed E-state index contributed by atoms with van der Waals surface area (Å²) in [6.07, 6.45) is 0. The van der Waals surface area contributed by atoms with Crippen LogP contribution in [0.5, 0.6) is 17.2 Å². The van der Waals surface area contributed by atoms with Gasteiger partial charge in [0.2, 0.25) is 5.75 Å². The van der Waals surface area contributed by atoms with Crippen molar-refractivity contribution in [2.24, 2.45) is 5.92 Å². The Labute approximate surface area is 128 Å². The number of carbonyl (C=O) groups excluding carboxylic acids is 1. The molecule has 0 radical (unpaired) electrons. The van der Waals surface area contributed by atoms with Gasteiger partial charge in [0.05, 0.1) is 7.11 Å². The minimum absolute atomic E-state index is 0.236. The Kier molecular flexibility index (Phi) is 4.75. The highest BCUT2D eigenvalue weighted by Crippen LogP contribution is 2.40. The number of carbonyl (C=O) groups is 2. The van der Waals surface area contributed by atoms with E-state index in [1.165, 1.54) is 19.2 Å². The zero-order valence-corrected chi connectivity index (χ0v) is 12.7. The van der Waals surface area contributed by atoms with E-state index in [0.29, 0.717) is 30.5 Å². The predicted molar refractivity (Wildman–Crippen MR) is 77.7 cm³/mol. The number of carboxylic acid groups (broad SMARTS) is 1. The van der Waals surface area contributed by atoms with E-state index in [-0.39, 0.29) is 11.5 Å². The van der Waals surface area contributed by atoms with E-state index in [4.69, 9.17) is 19.3 Å². The number of aliphatic carboxylic acids is 1. The number of methoxy groups -OCH3 is 1. The SMILES string of the molecule is COc1cc(C(=O)N[C@H](C(=O)O)C(C)C)cc2c1OCCO2. The van der Waals surface area contributed by atoms with E-state index < -0.39 is 17.9 Å². The number of hydrogen-bond donors (Lipinski definition) is 2. The van der Waals surface area contributed by atoms with Gasteiger partial charge >= 0.3 is 5.97 Å². The third-order valence-electron chi connectivity index (χ3n) is 3.31. The molecule has 1 amide bonds. The van der Waals surface area contributed by atoms with Crippen molar-refractivity contribution in [2.75, 3.05) is 20.3 Å². The van der Waals surface area contributed by atoms with E-state index in [1.807, 2.05) is 0 Å². The van der Waals surface area contributed by atoms with Gasteiger partial charge in [-0.25, -0.2) is 4.79 Å². The van der Waals surface area contributed by atoms with Crippen LogP contribution in [0.15, 0.2) is 12.1 Å². The summed E-state index contributed by atoms with van der Waals surface area (Å²) in [4.78, 5) is 23.5. The highest BCUT2D eigenvalue weighted by atomic mass is 16.6. The molecular formula is C15H19NO6. The van der Waals surface area contributed by atoms with Crippen LogP contribution < -0.4 is 19.5 Å². The summed E-state index contributed by atoms with van der Waals surface area (Å²) in [5.41, 5.74) is 0.257. The predicted octanol–water partition coefficient (Wildman–Crippen LogP) is 1.31. The van der Waals surface area contributed by atoms with Crippen LogP contribution >= 0.6 is 0 Å². The molecule has 1 aliphatic heterocycles. The molecule has 1 atom stereocenters. The third-order valence-corrected chi connectivity index (χ3v) is 3.31. The lowest BCUT2D eigenvalue weighted by Crippen LogP contribution is -2.44. The molecule has 0 unspecified atom stereocenters. The minimum Gasteiger partial charge on any atom is -0.493 e. The Hall–Kier alpha value is -2.44. The summed E-state index contributed by atoms with van der Waals surface area (Å²) in [5.74, 6) is -0.584. The summed E-state index contributed by atoms with van der Waals surface area (Å²) in [6, 6.07) is 2.06. The molecule has 0 aromatic heterocycles. The lowest BCUT2D eigenvalue weighted by molar-refractivity contribution is -0.140. The number of ether oxygens (including phenoxy) is 3. The number of nitrogens with one attached hydrogen (secondary N) is 1. The first-order valence-corrected chi connectivity index (χ1v) is 6.95. The Morgan fingerprint density at radius 3 is 2.55 bits per heavy atom. The Bertz CT molecular complexity index is 566. The molecule has 120 valence electrons. The van der Waals surface area contributed by atoms with Crippen LogP contribution in [0.3, 0.4) is 0 Å². The van der Waals surface area contributed by atoms with Gasteiger partial charge in [-0.15, -0.1) is 0 Å². The van der Waals surface area contributed by atoms with Gasteiger partial charge in [0.25, 0.3) is 5.91 Å². The second-order valence-corrected chi connectivity index (χ2v) is 5.24. The Balaban J connectivity index is 2.28. The first-order valence-electron chi connectivity index (χ1n) is 6.95. The molecule has 0 saturated carbocycles. The van der Waals surface area contributed by atoms with Crippen LogP contribution in [0, 0.1) is 5.92 Å². The van der Waals surface area contributed by atoms with Crippen LogP contribution in [0.1, 0.15) is 24.2 Å². The van der Waals surface area contributed by atoms with Crippen LogP contribution in [-0.4, -0.2) is 43.3 Å². The van der Waals surface area contributed by atoms with Gasteiger partial charge in [0.15, 0.2) is 11.5 Å². The second kappa shape index (κ2) is 6.55. The molecule has 1 aliphatic rings. The number of benzene rings is 1. The van der Waals surface area contributed by atoms with Gasteiger partial charge in [-0.3, -0.25) is 4.79 Å². The molecular weight excluding hydrogens is 290 g/mol. The fourth-order valence-electron chi connectivity index (χ4n) is 2.14. The zero-order valence-electron chi connectivity index (χ0n) is 12.7. The summed E-state index contributed by atoms with van der Waals surface area (Å²) in [7, 11) is 1.46. The molecule has 2 rings (SSSR count). The summed E-state index contributed by atoms with van der Waals surface area (Å²) in [6.45, 7) is 4.24. The maximum Gasteiger partial charge on any atom is 0.326 e. The molecule has 1 aromatic rings. The van der Waals surface area contributed by atoms with Crippen molar-refractivity contribution < 1.29 is 28.9 Å². The van der Waals surface area contributed by atoms with E-state index in [9.17, 15) is 9.59 Å². The molecule has 1 heterocycles. The molecule has 22 heavy (non-hydrogen) atoms. The monoisotopic (exact) mass is 309 g/mol. The van der Waals surface area contributed by atoms with E-state index in [1.54, 1.807) is 13.8 Å². The minimum atomic E-state index is -1.08. The summed E-state index contributed by atoms with van der Waals surface area (Å²) >= 11 is 0. The van der Waals surface area contributed by atoms with Crippen molar-refractivity contribution >= 4 is 11.9 Å². The lowest BCUT2D eigenvalue weighted by atomic mass is 10.0. The van der Waals surface area contributed by atoms with Crippen molar-refractivity contribution in [3.63, 3.8) is 0 Å². The summed E-state index contributed by atoms with van der Waals surface area (Å²) < 4.78 is 16.1. The van der Waals surface area contributed by atoms with Crippen molar-refractivity contribution in [1.29, 1.82) is 0 Å². The molecule has 0 spiro atoms. The first-order chi connectivity index (χ1) is 10.4. The van der Waals surface area contributed by atoms with Gasteiger partial charge in [-0.05, 0) is 18.1 Å². The third kappa shape index (κ3) is 3.24. The molecule has 1 aromatic carbocycles. The largest absolute Gasteiger partial charge is 0.493 e. The fourth-order valence-corrected chi connectivity index (χ4v) is 2.14. The molecule has 2 N–H and O–H groups in total. The Morgan fingerprint density at radius 2 is 1.95 bits per heavy atom. The maximum absolute atomic E-state index is 12.3. The van der Waals surface area contributed by atoms with Gasteiger partial charge in [-0.1, -0.05) is 13.8 Å². The van der Waals surface area contributed by atoms with Gasteiger partial charge < -0.3 is 24.6 Å². The molecule has 0 fully saturated rings. The van der Waals surface area contributed by atoms with Crippen molar-refractivity contribution in [1.82, 2.24) is 5.32 Å². The Morgan fingerprint density at radius 1 is 1.27 bits per heavy atom. The first kappa shape index (κ1) is 15.9. The van der Waals surface area contributed by atoms with Gasteiger partial charge in [0.1, 0.15) is 19.3 Å². The number of amides is 1. The number of rotatable bonds is 5. The average molecular weight is 309 g/mol. The van der Waals surface area contributed by atoms with Gasteiger partial charge in [-0.2, -0.15) is 0 Å². The van der Waals surface area contributed by atoms with Crippen LogP contribution in [0.25, 0.3) is 0 Å². The van der Waals surface area contributed by atoms with E-state index in [2.05, 4.69) is 5.32 Å². The number of fused-ring (bicyclic) bond motifs is 1. The molecule has 7 heteroatoms. The van der Waals surface area contributed by atoms with Gasteiger partial charge in [0, 0.05) is 5.56 Å². The zero-order chi connectivity index (χ0) is 16.3. The second-order valence-electron chi connectivity index (χ2n) is 5.24. The smallest absolute Gasteiger partial charge is 0.326 e. The topological polar surface area (TPSA) is 94.1 Å². The van der Waals surface area contributed by atoms with Crippen molar-refractivity contribution in [3.05, 3.63) is 17.7 Å². The normalized spacial score (nSPS) is 14.4. The maximum atomic E-state index is 12.3. The fraction of sp³-hybridized carbons (Fsp3) is 0.467.